The van der Waals surface area contributed by atoms with E-state index in [0.717, 1.165) is 0 Å². The lowest BCUT2D eigenvalue weighted by atomic mass is 9.84. The average molecular weight is 762 g/mol. The zero-order chi connectivity index (χ0) is 38.2. The Kier molecular flexibility index (Phi) is 14.5. The lowest BCUT2D eigenvalue weighted by molar-refractivity contribution is -0.348. The number of aliphatic hydroxyl groups excluding tert-OH is 10. The van der Waals surface area contributed by atoms with Crippen LogP contribution in [0.4, 0.5) is 0 Å². The topological polar surface area (TPSA) is 406 Å². The van der Waals surface area contributed by atoms with Crippen molar-refractivity contribution in [3.05, 3.63) is 0 Å². The SMILES string of the molecule is NC[C@@H]1O[C@H](O[C@H]2[C@@H](O)[C@H](O[C@@H]3[C@@H](O)[C@H](N)C[C@H](N)[C@H]3O[C@@H]3O[C@H](CO)[C@@H](O)C[C@H]3N)O[C@@H]2CO)[C@H](N)[C@@H](O)[C@@H]1O[C@H]1O[C@H](CO)[C@@H](O)[C@H](O)[C@@H]1O. The predicted octanol–water partition coefficient (Wildman–Crippen LogP) is -10.0. The molecule has 1 saturated carbocycles. The van der Waals surface area contributed by atoms with Crippen LogP contribution in [-0.4, -0.2) is 218 Å². The summed E-state index contributed by atoms with van der Waals surface area (Å²) in [5.41, 5.74) is 30.8. The molecule has 0 aromatic rings. The first-order valence-corrected chi connectivity index (χ1v) is 17.2. The summed E-state index contributed by atoms with van der Waals surface area (Å²) in [6, 6.07) is -4.01. The second-order valence-electron chi connectivity index (χ2n) is 13.9. The maximum Gasteiger partial charge on any atom is 0.187 e. The molecule has 1 aliphatic carbocycles. The second-order valence-corrected chi connectivity index (χ2v) is 13.9. The summed E-state index contributed by atoms with van der Waals surface area (Å²) in [6.45, 7) is -2.26. The van der Waals surface area contributed by atoms with Gasteiger partial charge in [0, 0.05) is 18.6 Å². The lowest BCUT2D eigenvalue weighted by Crippen LogP contribution is -2.67. The van der Waals surface area contributed by atoms with E-state index in [2.05, 4.69) is 0 Å². The summed E-state index contributed by atoms with van der Waals surface area (Å²) in [5, 5.41) is 104. The Morgan fingerprint density at radius 2 is 0.962 bits per heavy atom. The van der Waals surface area contributed by atoms with Crippen molar-refractivity contribution in [3.8, 4) is 0 Å². The Morgan fingerprint density at radius 1 is 0.442 bits per heavy atom. The molecule has 5 aliphatic rings. The van der Waals surface area contributed by atoms with E-state index in [-0.39, 0.29) is 19.4 Å². The molecule has 5 fully saturated rings. The number of aliphatic hydroxyl groups is 10. The van der Waals surface area contributed by atoms with Crippen molar-refractivity contribution in [2.75, 3.05) is 26.4 Å². The van der Waals surface area contributed by atoms with E-state index < -0.39 is 161 Å². The first-order valence-electron chi connectivity index (χ1n) is 17.2. The molecule has 0 amide bonds. The lowest BCUT2D eigenvalue weighted by Gasteiger charge is -2.47. The molecule has 0 spiro atoms. The van der Waals surface area contributed by atoms with Gasteiger partial charge in [0.05, 0.1) is 44.1 Å². The van der Waals surface area contributed by atoms with Gasteiger partial charge >= 0.3 is 0 Å². The van der Waals surface area contributed by atoms with Crippen LogP contribution < -0.4 is 28.7 Å². The highest BCUT2D eigenvalue weighted by molar-refractivity contribution is 5.02. The van der Waals surface area contributed by atoms with Crippen LogP contribution in [0.25, 0.3) is 0 Å². The molecule has 23 atom stereocenters. The minimum absolute atomic E-state index is 0.0266. The van der Waals surface area contributed by atoms with Crippen molar-refractivity contribution in [3.63, 3.8) is 0 Å². The largest absolute Gasteiger partial charge is 0.394 e. The number of rotatable bonds is 12. The van der Waals surface area contributed by atoms with E-state index in [1.165, 1.54) is 0 Å². The van der Waals surface area contributed by atoms with Crippen molar-refractivity contribution < 1.29 is 89.0 Å². The fourth-order valence-electron chi connectivity index (χ4n) is 7.16. The summed E-state index contributed by atoms with van der Waals surface area (Å²) in [4.78, 5) is 0. The van der Waals surface area contributed by atoms with Crippen LogP contribution in [0.2, 0.25) is 0 Å². The number of hydrogen-bond donors (Lipinski definition) is 15. The smallest absolute Gasteiger partial charge is 0.187 e. The summed E-state index contributed by atoms with van der Waals surface area (Å²) in [6.07, 6.45) is -26.9. The van der Waals surface area contributed by atoms with E-state index >= 15 is 0 Å². The molecule has 20 N–H and O–H groups in total. The van der Waals surface area contributed by atoms with Crippen molar-refractivity contribution >= 4 is 0 Å². The van der Waals surface area contributed by atoms with Crippen LogP contribution in [0, 0.1) is 0 Å². The highest BCUT2D eigenvalue weighted by Gasteiger charge is 2.55. The fraction of sp³-hybridized carbons (Fsp3) is 1.00. The van der Waals surface area contributed by atoms with Gasteiger partial charge in [-0.2, -0.15) is 0 Å². The van der Waals surface area contributed by atoms with Crippen LogP contribution in [0.15, 0.2) is 0 Å². The normalized spacial score (nSPS) is 53.2. The Morgan fingerprint density at radius 3 is 1.60 bits per heavy atom. The number of nitrogens with two attached hydrogens (primary N) is 5. The van der Waals surface area contributed by atoms with E-state index in [9.17, 15) is 51.1 Å². The molecule has 5 rings (SSSR count). The van der Waals surface area contributed by atoms with Crippen LogP contribution in [0.1, 0.15) is 12.8 Å². The van der Waals surface area contributed by atoms with Gasteiger partial charge in [-0.25, -0.2) is 0 Å². The maximum atomic E-state index is 11.4. The van der Waals surface area contributed by atoms with E-state index in [4.69, 9.17) is 66.6 Å². The summed E-state index contributed by atoms with van der Waals surface area (Å²) >= 11 is 0. The molecule has 4 aliphatic heterocycles. The molecule has 0 unspecified atom stereocenters. The zero-order valence-corrected chi connectivity index (χ0v) is 28.1. The summed E-state index contributed by atoms with van der Waals surface area (Å²) < 4.78 is 46.4. The van der Waals surface area contributed by atoms with Crippen molar-refractivity contribution in [2.45, 2.75) is 154 Å². The molecule has 0 bridgehead atoms. The third kappa shape index (κ3) is 8.57. The number of hydrogen-bond acceptors (Lipinski definition) is 23. The first-order chi connectivity index (χ1) is 24.6. The Hall–Kier alpha value is -0.920. The molecule has 0 aromatic carbocycles. The molecule has 52 heavy (non-hydrogen) atoms. The van der Waals surface area contributed by atoms with Gasteiger partial charge in [-0.05, 0) is 12.8 Å². The van der Waals surface area contributed by atoms with Gasteiger partial charge in [0.1, 0.15) is 79.4 Å². The van der Waals surface area contributed by atoms with Crippen molar-refractivity contribution in [2.24, 2.45) is 28.7 Å². The standard InChI is InChI=1S/C29H55N5O18/c30-3-11-23(51-28-20(43)19(42)17(40)13(5-36)47-28)18(41)15(34)27(45-11)50-24-14(6-37)48-29(21(24)44)52-25-16(39)7(31)1-8(32)22(25)49-26-9(33)2-10(38)12(4-35)46-26/h7-29,35-44H,1-6,30-34H2/t7-,8+,9-,10+,11+,12-,13-,14-,15-,16+,17-,18-,19+,20+,21-,22-,23-,24-,25-,26+,27-,28-,29+/m1/s1. The van der Waals surface area contributed by atoms with Gasteiger partial charge < -0.3 is 118 Å². The van der Waals surface area contributed by atoms with Crippen LogP contribution >= 0.6 is 0 Å². The molecule has 0 aromatic heterocycles. The molecule has 4 saturated heterocycles. The molecular weight excluding hydrogens is 706 g/mol. The predicted molar refractivity (Wildman–Crippen MR) is 168 cm³/mol. The monoisotopic (exact) mass is 761 g/mol. The molecule has 4 heterocycles. The van der Waals surface area contributed by atoms with Gasteiger partial charge in [0.15, 0.2) is 25.2 Å². The molecule has 23 nitrogen and oxygen atoms in total. The first kappa shape index (κ1) is 42.2. The van der Waals surface area contributed by atoms with Crippen LogP contribution in [-0.2, 0) is 37.9 Å². The van der Waals surface area contributed by atoms with E-state index in [1.54, 1.807) is 0 Å². The molecule has 304 valence electrons. The quantitative estimate of drug-likeness (QED) is 0.0877. The minimum Gasteiger partial charge on any atom is -0.394 e. The van der Waals surface area contributed by atoms with Gasteiger partial charge in [-0.1, -0.05) is 0 Å². The molecule has 23 heteroatoms. The van der Waals surface area contributed by atoms with Crippen LogP contribution in [0.5, 0.6) is 0 Å². The minimum atomic E-state index is -1.80. The second kappa shape index (κ2) is 17.9. The van der Waals surface area contributed by atoms with Crippen molar-refractivity contribution in [1.29, 1.82) is 0 Å². The Balaban J connectivity index is 1.26. The Bertz CT molecular complexity index is 1120. The van der Waals surface area contributed by atoms with E-state index in [1.807, 2.05) is 0 Å². The molecular formula is C29H55N5O18. The van der Waals surface area contributed by atoms with Gasteiger partial charge in [-0.15, -0.1) is 0 Å². The third-order valence-electron chi connectivity index (χ3n) is 10.3. The number of ether oxygens (including phenoxy) is 8. The Labute approximate surface area is 297 Å². The van der Waals surface area contributed by atoms with Crippen LogP contribution in [0.3, 0.4) is 0 Å². The molecule has 0 radical (unpaired) electrons. The van der Waals surface area contributed by atoms with E-state index in [0.29, 0.717) is 0 Å². The average Bonchev–Trinajstić information content (AvgIpc) is 3.41. The zero-order valence-electron chi connectivity index (χ0n) is 28.1. The highest BCUT2D eigenvalue weighted by atomic mass is 16.8. The van der Waals surface area contributed by atoms with Gasteiger partial charge in [-0.3, -0.25) is 0 Å². The van der Waals surface area contributed by atoms with Crippen molar-refractivity contribution in [1.82, 2.24) is 0 Å². The summed E-state index contributed by atoms with van der Waals surface area (Å²) in [5.74, 6) is 0. The van der Waals surface area contributed by atoms with Gasteiger partial charge in [0.25, 0.3) is 0 Å². The summed E-state index contributed by atoms with van der Waals surface area (Å²) in [7, 11) is 0. The maximum absolute atomic E-state index is 11.4. The highest BCUT2D eigenvalue weighted by Crippen LogP contribution is 2.35. The van der Waals surface area contributed by atoms with Gasteiger partial charge in [0.2, 0.25) is 0 Å². The third-order valence-corrected chi connectivity index (χ3v) is 10.3. The fourth-order valence-corrected chi connectivity index (χ4v) is 7.16.